The molecule has 3 aromatic rings. The Labute approximate surface area is 133 Å². The van der Waals surface area contributed by atoms with E-state index >= 15 is 0 Å². The van der Waals surface area contributed by atoms with Crippen molar-refractivity contribution in [2.24, 2.45) is 5.73 Å². The quantitative estimate of drug-likeness (QED) is 0.713. The number of aromatic nitrogens is 1. The van der Waals surface area contributed by atoms with E-state index in [1.165, 1.54) is 0 Å². The minimum absolute atomic E-state index is 0.489. The highest BCUT2D eigenvalue weighted by Gasteiger charge is 2.08. The van der Waals surface area contributed by atoms with Crippen molar-refractivity contribution in [2.75, 3.05) is 0 Å². The van der Waals surface area contributed by atoms with Gasteiger partial charge in [0.15, 0.2) is 0 Å². The summed E-state index contributed by atoms with van der Waals surface area (Å²) in [5.41, 5.74) is 9.05. The fourth-order valence-corrected chi connectivity index (χ4v) is 3.49. The van der Waals surface area contributed by atoms with Crippen molar-refractivity contribution in [1.29, 1.82) is 0 Å². The van der Waals surface area contributed by atoms with Crippen LogP contribution in [0.25, 0.3) is 10.9 Å². The molecule has 1 heterocycles. The average Bonchev–Trinajstić information content (AvgIpc) is 2.53. The van der Waals surface area contributed by atoms with Gasteiger partial charge in [0, 0.05) is 22.7 Å². The number of hydrogen-bond acceptors (Lipinski definition) is 3. The van der Waals surface area contributed by atoms with E-state index < -0.39 is 0 Å². The number of para-hydroxylation sites is 1. The van der Waals surface area contributed by atoms with E-state index in [2.05, 4.69) is 12.1 Å². The SMILES string of the molecule is NCc1cc2ccccc2nc1SCc1ccccc1Cl. The van der Waals surface area contributed by atoms with Gasteiger partial charge in [-0.3, -0.25) is 0 Å². The summed E-state index contributed by atoms with van der Waals surface area (Å²) >= 11 is 7.88. The number of fused-ring (bicyclic) bond motifs is 1. The summed E-state index contributed by atoms with van der Waals surface area (Å²) in [6.45, 7) is 0.489. The molecule has 2 aromatic carbocycles. The van der Waals surface area contributed by atoms with Crippen molar-refractivity contribution in [3.8, 4) is 0 Å². The Morgan fingerprint density at radius 3 is 2.57 bits per heavy atom. The normalized spacial score (nSPS) is 11.0. The van der Waals surface area contributed by atoms with Crippen LogP contribution in [0.2, 0.25) is 5.02 Å². The zero-order valence-electron chi connectivity index (χ0n) is 11.4. The summed E-state index contributed by atoms with van der Waals surface area (Å²) in [6.07, 6.45) is 0. The van der Waals surface area contributed by atoms with Crippen LogP contribution in [-0.4, -0.2) is 4.98 Å². The second-order valence-corrected chi connectivity index (χ2v) is 6.10. The topological polar surface area (TPSA) is 38.9 Å². The average molecular weight is 315 g/mol. The van der Waals surface area contributed by atoms with Crippen LogP contribution in [0.3, 0.4) is 0 Å². The molecule has 0 amide bonds. The van der Waals surface area contributed by atoms with Crippen LogP contribution in [0.4, 0.5) is 0 Å². The number of nitrogens with two attached hydrogens (primary N) is 1. The molecule has 1 aromatic heterocycles. The molecule has 4 heteroatoms. The van der Waals surface area contributed by atoms with E-state index in [9.17, 15) is 0 Å². The zero-order valence-corrected chi connectivity index (χ0v) is 13.0. The van der Waals surface area contributed by atoms with Gasteiger partial charge in [-0.05, 0) is 29.3 Å². The lowest BCUT2D eigenvalue weighted by molar-refractivity contribution is 0.981. The maximum absolute atomic E-state index is 6.20. The first-order valence-corrected chi connectivity index (χ1v) is 8.09. The van der Waals surface area contributed by atoms with Crippen molar-refractivity contribution >= 4 is 34.3 Å². The maximum Gasteiger partial charge on any atom is 0.102 e. The first-order valence-electron chi connectivity index (χ1n) is 6.73. The molecule has 0 atom stereocenters. The molecule has 0 unspecified atom stereocenters. The molecule has 2 N–H and O–H groups in total. The Hall–Kier alpha value is -1.55. The number of halogens is 1. The third-order valence-electron chi connectivity index (χ3n) is 3.31. The van der Waals surface area contributed by atoms with Crippen LogP contribution in [0.5, 0.6) is 0 Å². The molecule has 0 fully saturated rings. The first-order chi connectivity index (χ1) is 10.3. The Morgan fingerprint density at radius 1 is 1.00 bits per heavy atom. The highest BCUT2D eigenvalue weighted by molar-refractivity contribution is 7.98. The third kappa shape index (κ3) is 3.21. The number of thioether (sulfide) groups is 1. The summed E-state index contributed by atoms with van der Waals surface area (Å²) in [7, 11) is 0. The summed E-state index contributed by atoms with van der Waals surface area (Å²) in [6, 6.07) is 18.1. The van der Waals surface area contributed by atoms with Gasteiger partial charge in [0.05, 0.1) is 5.52 Å². The molecule has 0 aliphatic heterocycles. The standard InChI is InChI=1S/C17H15ClN2S/c18-15-7-3-1-6-13(15)11-21-17-14(10-19)9-12-5-2-4-8-16(12)20-17/h1-9H,10-11,19H2. The summed E-state index contributed by atoms with van der Waals surface area (Å²) < 4.78 is 0. The number of rotatable bonds is 4. The van der Waals surface area contributed by atoms with E-state index in [1.807, 2.05) is 42.5 Å². The molecule has 0 bridgehead atoms. The van der Waals surface area contributed by atoms with Gasteiger partial charge < -0.3 is 5.73 Å². The number of nitrogens with zero attached hydrogens (tertiary/aromatic N) is 1. The second-order valence-electron chi connectivity index (χ2n) is 4.73. The largest absolute Gasteiger partial charge is 0.326 e. The number of benzene rings is 2. The maximum atomic E-state index is 6.20. The van der Waals surface area contributed by atoms with Gasteiger partial charge >= 0.3 is 0 Å². The van der Waals surface area contributed by atoms with Gasteiger partial charge in [0.2, 0.25) is 0 Å². The van der Waals surface area contributed by atoms with Gasteiger partial charge in [-0.15, -0.1) is 11.8 Å². The lowest BCUT2D eigenvalue weighted by Crippen LogP contribution is -2.01. The number of pyridine rings is 1. The van der Waals surface area contributed by atoms with Crippen LogP contribution in [0.1, 0.15) is 11.1 Å². The Kier molecular flexibility index (Phi) is 4.44. The lowest BCUT2D eigenvalue weighted by atomic mass is 10.1. The minimum atomic E-state index is 0.489. The predicted octanol–water partition coefficient (Wildman–Crippen LogP) is 4.64. The smallest absolute Gasteiger partial charge is 0.102 e. The molecular weight excluding hydrogens is 300 g/mol. The molecule has 0 spiro atoms. The summed E-state index contributed by atoms with van der Waals surface area (Å²) in [4.78, 5) is 4.73. The van der Waals surface area contributed by atoms with Gasteiger partial charge in [-0.1, -0.05) is 48.0 Å². The molecule has 0 aliphatic rings. The van der Waals surface area contributed by atoms with Crippen molar-refractivity contribution in [2.45, 2.75) is 17.3 Å². The van der Waals surface area contributed by atoms with Gasteiger partial charge in [0.1, 0.15) is 5.03 Å². The number of hydrogen-bond donors (Lipinski definition) is 1. The van der Waals surface area contributed by atoms with E-state index in [0.29, 0.717) is 6.54 Å². The van der Waals surface area contributed by atoms with E-state index in [4.69, 9.17) is 22.3 Å². The van der Waals surface area contributed by atoms with E-state index in [0.717, 1.165) is 37.8 Å². The molecule has 2 nitrogen and oxygen atoms in total. The first kappa shape index (κ1) is 14.4. The lowest BCUT2D eigenvalue weighted by Gasteiger charge is -2.09. The molecule has 3 rings (SSSR count). The Balaban J connectivity index is 1.91. The van der Waals surface area contributed by atoms with Crippen LogP contribution in [0.15, 0.2) is 59.6 Å². The van der Waals surface area contributed by atoms with Gasteiger partial charge in [-0.2, -0.15) is 0 Å². The van der Waals surface area contributed by atoms with Crippen molar-refractivity contribution in [1.82, 2.24) is 4.98 Å². The van der Waals surface area contributed by atoms with Crippen molar-refractivity contribution < 1.29 is 0 Å². The molecule has 0 radical (unpaired) electrons. The van der Waals surface area contributed by atoms with Gasteiger partial charge in [-0.25, -0.2) is 4.98 Å². The monoisotopic (exact) mass is 314 g/mol. The zero-order chi connectivity index (χ0) is 14.7. The highest BCUT2D eigenvalue weighted by Crippen LogP contribution is 2.29. The summed E-state index contributed by atoms with van der Waals surface area (Å²) in [5.74, 6) is 0.790. The van der Waals surface area contributed by atoms with E-state index in [-0.39, 0.29) is 0 Å². The fraction of sp³-hybridized carbons (Fsp3) is 0.118. The van der Waals surface area contributed by atoms with Crippen LogP contribution in [-0.2, 0) is 12.3 Å². The third-order valence-corrected chi connectivity index (χ3v) is 4.76. The molecule has 0 saturated heterocycles. The predicted molar refractivity (Wildman–Crippen MR) is 90.6 cm³/mol. The van der Waals surface area contributed by atoms with Gasteiger partial charge in [0.25, 0.3) is 0 Å². The van der Waals surface area contributed by atoms with Crippen molar-refractivity contribution in [3.63, 3.8) is 0 Å². The van der Waals surface area contributed by atoms with Crippen LogP contribution < -0.4 is 5.73 Å². The minimum Gasteiger partial charge on any atom is -0.326 e. The van der Waals surface area contributed by atoms with Crippen LogP contribution in [0, 0.1) is 0 Å². The highest BCUT2D eigenvalue weighted by atomic mass is 35.5. The fourth-order valence-electron chi connectivity index (χ4n) is 2.17. The molecule has 21 heavy (non-hydrogen) atoms. The van der Waals surface area contributed by atoms with Crippen molar-refractivity contribution in [3.05, 3.63) is 70.7 Å². The second kappa shape index (κ2) is 6.48. The van der Waals surface area contributed by atoms with E-state index in [1.54, 1.807) is 11.8 Å². The molecule has 0 saturated carbocycles. The molecule has 0 aliphatic carbocycles. The summed E-state index contributed by atoms with van der Waals surface area (Å²) in [5, 5.41) is 2.90. The molecular formula is C17H15ClN2S. The Morgan fingerprint density at radius 2 is 1.76 bits per heavy atom. The molecule has 106 valence electrons. The Bertz CT molecular complexity index is 774. The van der Waals surface area contributed by atoms with Crippen LogP contribution >= 0.6 is 23.4 Å².